The molecule has 1 atom stereocenters. The summed E-state index contributed by atoms with van der Waals surface area (Å²) >= 11 is 0. The Bertz CT molecular complexity index is 650. The lowest BCUT2D eigenvalue weighted by Crippen LogP contribution is -2.46. The summed E-state index contributed by atoms with van der Waals surface area (Å²) in [7, 11) is 0. The monoisotopic (exact) mass is 270 g/mol. The third kappa shape index (κ3) is 2.11. The van der Waals surface area contributed by atoms with Gasteiger partial charge in [0.25, 0.3) is 0 Å². The molecule has 0 bridgehead atoms. The maximum atomic E-state index is 11.5. The fourth-order valence-electron chi connectivity index (χ4n) is 2.95. The van der Waals surface area contributed by atoms with Crippen LogP contribution in [0.15, 0.2) is 36.5 Å². The molecule has 2 heterocycles. The Morgan fingerprint density at radius 1 is 1.35 bits per heavy atom. The van der Waals surface area contributed by atoms with Gasteiger partial charge in [-0.2, -0.15) is 0 Å². The predicted octanol–water partition coefficient (Wildman–Crippen LogP) is 2.93. The van der Waals surface area contributed by atoms with Gasteiger partial charge < -0.3 is 10.0 Å². The van der Waals surface area contributed by atoms with E-state index in [1.165, 1.54) is 0 Å². The lowest BCUT2D eigenvalue weighted by atomic mass is 9.82. The quantitative estimate of drug-likeness (QED) is 0.911. The zero-order valence-electron chi connectivity index (χ0n) is 11.5. The minimum absolute atomic E-state index is 0.517. The van der Waals surface area contributed by atoms with Crippen LogP contribution >= 0.6 is 0 Å². The number of aliphatic carboxylic acids is 1. The van der Waals surface area contributed by atoms with Crippen molar-refractivity contribution in [2.24, 2.45) is 5.41 Å². The molecule has 104 valence electrons. The van der Waals surface area contributed by atoms with Gasteiger partial charge in [0.1, 0.15) is 5.82 Å². The predicted molar refractivity (Wildman–Crippen MR) is 78.9 cm³/mol. The van der Waals surface area contributed by atoms with Crippen molar-refractivity contribution in [2.75, 3.05) is 18.0 Å². The van der Waals surface area contributed by atoms with Crippen LogP contribution in [-0.2, 0) is 4.79 Å². The van der Waals surface area contributed by atoms with E-state index in [0.717, 1.165) is 36.0 Å². The van der Waals surface area contributed by atoms with Crippen molar-refractivity contribution in [1.29, 1.82) is 0 Å². The van der Waals surface area contributed by atoms with Crippen LogP contribution in [0, 0.1) is 5.41 Å². The average molecular weight is 270 g/mol. The van der Waals surface area contributed by atoms with E-state index in [4.69, 9.17) is 0 Å². The highest BCUT2D eigenvalue weighted by atomic mass is 16.4. The third-order valence-electron chi connectivity index (χ3n) is 4.16. The second-order valence-corrected chi connectivity index (χ2v) is 5.75. The summed E-state index contributed by atoms with van der Waals surface area (Å²) in [6, 6.07) is 10.1. The number of carboxylic acids is 1. The minimum atomic E-state index is -0.720. The molecule has 0 amide bonds. The number of benzene rings is 1. The molecule has 0 radical (unpaired) electrons. The first-order valence-corrected chi connectivity index (χ1v) is 6.92. The Morgan fingerprint density at radius 2 is 2.15 bits per heavy atom. The lowest BCUT2D eigenvalue weighted by Gasteiger charge is -2.38. The Labute approximate surface area is 118 Å². The first kappa shape index (κ1) is 12.9. The van der Waals surface area contributed by atoms with E-state index in [1.807, 2.05) is 31.2 Å². The zero-order chi connectivity index (χ0) is 14.2. The van der Waals surface area contributed by atoms with E-state index in [1.54, 1.807) is 6.20 Å². The number of nitrogens with zero attached hydrogens (tertiary/aromatic N) is 2. The van der Waals surface area contributed by atoms with Crippen LogP contribution in [-0.4, -0.2) is 29.1 Å². The maximum absolute atomic E-state index is 11.5. The molecular formula is C16H18N2O2. The van der Waals surface area contributed by atoms with Gasteiger partial charge in [-0.25, -0.2) is 4.98 Å². The standard InChI is InChI=1S/C16H18N2O2/c1-16(15(19)20)8-4-10-18(11-16)14-13-6-3-2-5-12(13)7-9-17-14/h2-3,5-7,9H,4,8,10-11H2,1H3,(H,19,20). The van der Waals surface area contributed by atoms with Gasteiger partial charge in [-0.05, 0) is 31.2 Å². The summed E-state index contributed by atoms with van der Waals surface area (Å²) in [6.07, 6.45) is 3.40. The van der Waals surface area contributed by atoms with Crippen molar-refractivity contribution in [1.82, 2.24) is 4.98 Å². The number of hydrogen-bond donors (Lipinski definition) is 1. The van der Waals surface area contributed by atoms with Crippen molar-refractivity contribution in [3.05, 3.63) is 36.5 Å². The van der Waals surface area contributed by atoms with Crippen LogP contribution in [0.5, 0.6) is 0 Å². The molecule has 1 fully saturated rings. The fraction of sp³-hybridized carbons (Fsp3) is 0.375. The molecule has 3 rings (SSSR count). The first-order chi connectivity index (χ1) is 9.60. The summed E-state index contributed by atoms with van der Waals surface area (Å²) in [5, 5.41) is 11.7. The number of anilines is 1. The minimum Gasteiger partial charge on any atom is -0.481 e. The maximum Gasteiger partial charge on any atom is 0.311 e. The molecule has 1 saturated heterocycles. The Hall–Kier alpha value is -2.10. The van der Waals surface area contributed by atoms with E-state index in [0.29, 0.717) is 6.54 Å². The van der Waals surface area contributed by atoms with Gasteiger partial charge in [0.2, 0.25) is 0 Å². The van der Waals surface area contributed by atoms with Crippen molar-refractivity contribution < 1.29 is 9.90 Å². The van der Waals surface area contributed by atoms with Crippen molar-refractivity contribution in [3.8, 4) is 0 Å². The number of fused-ring (bicyclic) bond motifs is 1. The molecule has 1 aliphatic heterocycles. The topological polar surface area (TPSA) is 53.4 Å². The largest absolute Gasteiger partial charge is 0.481 e. The summed E-state index contributed by atoms with van der Waals surface area (Å²) in [5.74, 6) is 0.178. The van der Waals surface area contributed by atoms with Crippen molar-refractivity contribution in [3.63, 3.8) is 0 Å². The van der Waals surface area contributed by atoms with Crippen LogP contribution < -0.4 is 4.90 Å². The van der Waals surface area contributed by atoms with Gasteiger partial charge in [0, 0.05) is 24.7 Å². The second-order valence-electron chi connectivity index (χ2n) is 5.75. The number of hydrogen-bond acceptors (Lipinski definition) is 3. The van der Waals surface area contributed by atoms with E-state index in [9.17, 15) is 9.90 Å². The highest BCUT2D eigenvalue weighted by Crippen LogP contribution is 2.34. The number of rotatable bonds is 2. The number of aromatic nitrogens is 1. The molecule has 1 aliphatic rings. The molecule has 0 spiro atoms. The van der Waals surface area contributed by atoms with E-state index in [2.05, 4.69) is 16.0 Å². The molecular weight excluding hydrogens is 252 g/mol. The lowest BCUT2D eigenvalue weighted by molar-refractivity contribution is -0.148. The van der Waals surface area contributed by atoms with Crippen LogP contribution in [0.25, 0.3) is 10.8 Å². The SMILES string of the molecule is CC1(C(=O)O)CCCN(c2nccc3ccccc23)C1. The van der Waals surface area contributed by atoms with Crippen LogP contribution in [0.1, 0.15) is 19.8 Å². The molecule has 0 aliphatic carbocycles. The normalized spacial score (nSPS) is 22.9. The van der Waals surface area contributed by atoms with Crippen LogP contribution in [0.3, 0.4) is 0 Å². The van der Waals surface area contributed by atoms with Crippen LogP contribution in [0.2, 0.25) is 0 Å². The summed E-state index contributed by atoms with van der Waals surface area (Å²) in [6.45, 7) is 3.21. The smallest absolute Gasteiger partial charge is 0.311 e. The average Bonchev–Trinajstić information content (AvgIpc) is 2.46. The van der Waals surface area contributed by atoms with Gasteiger partial charge in [-0.15, -0.1) is 0 Å². The summed E-state index contributed by atoms with van der Waals surface area (Å²) in [5.41, 5.74) is -0.684. The second kappa shape index (κ2) is 4.78. The molecule has 4 heteroatoms. The zero-order valence-corrected chi connectivity index (χ0v) is 11.5. The van der Waals surface area contributed by atoms with Gasteiger partial charge >= 0.3 is 5.97 Å². The highest BCUT2D eigenvalue weighted by molar-refractivity contribution is 5.92. The van der Waals surface area contributed by atoms with Crippen molar-refractivity contribution in [2.45, 2.75) is 19.8 Å². The number of carbonyl (C=O) groups is 1. The molecule has 1 unspecified atom stereocenters. The van der Waals surface area contributed by atoms with E-state index < -0.39 is 11.4 Å². The van der Waals surface area contributed by atoms with E-state index >= 15 is 0 Å². The Balaban J connectivity index is 2.01. The van der Waals surface area contributed by atoms with E-state index in [-0.39, 0.29) is 0 Å². The third-order valence-corrected chi connectivity index (χ3v) is 4.16. The molecule has 2 aromatic rings. The molecule has 0 saturated carbocycles. The highest BCUT2D eigenvalue weighted by Gasteiger charge is 2.38. The molecule has 4 nitrogen and oxygen atoms in total. The molecule has 20 heavy (non-hydrogen) atoms. The fourth-order valence-corrected chi connectivity index (χ4v) is 2.95. The Morgan fingerprint density at radius 3 is 2.95 bits per heavy atom. The molecule has 1 N–H and O–H groups in total. The number of piperidine rings is 1. The molecule has 1 aromatic carbocycles. The molecule has 1 aromatic heterocycles. The summed E-state index contributed by atoms with van der Waals surface area (Å²) < 4.78 is 0. The van der Waals surface area contributed by atoms with Gasteiger partial charge in [0.15, 0.2) is 0 Å². The van der Waals surface area contributed by atoms with Gasteiger partial charge in [-0.3, -0.25) is 4.79 Å². The van der Waals surface area contributed by atoms with Crippen LogP contribution in [0.4, 0.5) is 5.82 Å². The number of pyridine rings is 1. The van der Waals surface area contributed by atoms with Gasteiger partial charge in [-0.1, -0.05) is 24.3 Å². The summed E-state index contributed by atoms with van der Waals surface area (Å²) in [4.78, 5) is 18.1. The number of carboxylic acid groups (broad SMARTS) is 1. The first-order valence-electron chi connectivity index (χ1n) is 6.92. The Kier molecular flexibility index (Phi) is 3.08. The van der Waals surface area contributed by atoms with Gasteiger partial charge in [0.05, 0.1) is 5.41 Å². The van der Waals surface area contributed by atoms with Crippen molar-refractivity contribution >= 4 is 22.6 Å².